The highest BCUT2D eigenvalue weighted by Crippen LogP contribution is 2.40. The fourth-order valence-electron chi connectivity index (χ4n) is 2.71. The summed E-state index contributed by atoms with van der Waals surface area (Å²) in [5.74, 6) is 5.25. The number of carbonyl (C=O) groups is 2. The van der Waals surface area contributed by atoms with Crippen molar-refractivity contribution in [3.05, 3.63) is 22.8 Å². The van der Waals surface area contributed by atoms with Crippen molar-refractivity contribution < 1.29 is 24.5 Å². The number of carboxylic acid groups (broad SMARTS) is 1. The van der Waals surface area contributed by atoms with E-state index in [1.165, 1.54) is 12.5 Å². The minimum atomic E-state index is -0.833. The molecule has 0 aromatic rings. The van der Waals surface area contributed by atoms with Gasteiger partial charge < -0.3 is 14.9 Å². The van der Waals surface area contributed by atoms with Crippen LogP contribution in [-0.2, 0) is 14.3 Å². The first kappa shape index (κ1) is 21.9. The van der Waals surface area contributed by atoms with Crippen LogP contribution in [0.25, 0.3) is 0 Å². The van der Waals surface area contributed by atoms with Crippen LogP contribution in [0, 0.1) is 17.3 Å². The van der Waals surface area contributed by atoms with Crippen molar-refractivity contribution in [2.24, 2.45) is 5.41 Å². The van der Waals surface area contributed by atoms with E-state index in [0.717, 1.165) is 30.9 Å². The molecule has 0 unspecified atom stereocenters. The standard InChI is InChI=1S/C17H24O3.C2H4O2/c1-12(8-9-18)6-7-16-13(2)10-15(20-14(3)19)11-17(16,4)5;1-2(3)4/h8,15,18H,9-11H2,1-5H3;1H3,(H,3,4)/t15-;/m1./s1. The van der Waals surface area contributed by atoms with Crippen LogP contribution < -0.4 is 0 Å². The number of allylic oxidation sites excluding steroid dienone is 2. The number of carboxylic acids is 1. The fraction of sp³-hybridized carbons (Fsp3) is 0.579. The van der Waals surface area contributed by atoms with Gasteiger partial charge in [0.15, 0.2) is 0 Å². The summed E-state index contributed by atoms with van der Waals surface area (Å²) in [7, 11) is 0. The number of carbonyl (C=O) groups excluding carboxylic acids is 1. The van der Waals surface area contributed by atoms with E-state index in [0.29, 0.717) is 0 Å². The summed E-state index contributed by atoms with van der Waals surface area (Å²) in [6.07, 6.45) is 3.18. The maximum atomic E-state index is 11.1. The molecule has 0 fully saturated rings. The molecule has 0 aromatic heterocycles. The lowest BCUT2D eigenvalue weighted by atomic mass is 9.72. The van der Waals surface area contributed by atoms with E-state index >= 15 is 0 Å². The van der Waals surface area contributed by atoms with Crippen LogP contribution in [0.5, 0.6) is 0 Å². The molecular formula is C19H28O5. The number of aliphatic hydroxyl groups is 1. The van der Waals surface area contributed by atoms with E-state index in [-0.39, 0.29) is 24.1 Å². The summed E-state index contributed by atoms with van der Waals surface area (Å²) in [6, 6.07) is 0. The lowest BCUT2D eigenvalue weighted by molar-refractivity contribution is -0.147. The van der Waals surface area contributed by atoms with Gasteiger partial charge in [0.2, 0.25) is 0 Å². The maximum Gasteiger partial charge on any atom is 0.302 e. The highest BCUT2D eigenvalue weighted by atomic mass is 16.5. The summed E-state index contributed by atoms with van der Waals surface area (Å²) < 4.78 is 5.34. The molecular weight excluding hydrogens is 308 g/mol. The molecule has 1 rings (SSSR count). The molecule has 2 N–H and O–H groups in total. The van der Waals surface area contributed by atoms with Crippen LogP contribution in [0.15, 0.2) is 22.8 Å². The predicted octanol–water partition coefficient (Wildman–Crippen LogP) is 3.09. The number of ether oxygens (including phenoxy) is 1. The SMILES string of the molecule is CC(=O)O.CC(=O)O[C@@H]1CC(C)=C(C#CC(C)=CCO)C(C)(C)C1. The third-order valence-corrected chi connectivity index (χ3v) is 3.49. The molecule has 134 valence electrons. The van der Waals surface area contributed by atoms with Crippen molar-refractivity contribution in [2.45, 2.75) is 60.5 Å². The van der Waals surface area contributed by atoms with E-state index in [1.54, 1.807) is 6.08 Å². The minimum absolute atomic E-state index is 0.0104. The van der Waals surface area contributed by atoms with Gasteiger partial charge in [-0.05, 0) is 31.9 Å². The first-order chi connectivity index (χ1) is 11.0. The zero-order valence-electron chi connectivity index (χ0n) is 15.4. The molecule has 0 amide bonds. The average Bonchev–Trinajstić information content (AvgIpc) is 2.35. The van der Waals surface area contributed by atoms with Crippen LogP contribution in [0.4, 0.5) is 0 Å². The summed E-state index contributed by atoms with van der Waals surface area (Å²) in [6.45, 7) is 10.7. The zero-order chi connectivity index (χ0) is 18.9. The van der Waals surface area contributed by atoms with Gasteiger partial charge in [0.25, 0.3) is 5.97 Å². The van der Waals surface area contributed by atoms with Gasteiger partial charge in [-0.3, -0.25) is 9.59 Å². The van der Waals surface area contributed by atoms with E-state index < -0.39 is 5.97 Å². The molecule has 0 heterocycles. The second kappa shape index (κ2) is 9.94. The monoisotopic (exact) mass is 336 g/mol. The molecule has 1 aliphatic carbocycles. The smallest absolute Gasteiger partial charge is 0.302 e. The Balaban J connectivity index is 0.00000118. The third kappa shape index (κ3) is 8.54. The Hall–Kier alpha value is -2.06. The quantitative estimate of drug-likeness (QED) is 0.598. The van der Waals surface area contributed by atoms with E-state index in [2.05, 4.69) is 25.7 Å². The first-order valence-corrected chi connectivity index (χ1v) is 7.86. The topological polar surface area (TPSA) is 83.8 Å². The lowest BCUT2D eigenvalue weighted by Crippen LogP contribution is -2.31. The minimum Gasteiger partial charge on any atom is -0.481 e. The number of aliphatic hydroxyl groups excluding tert-OH is 1. The van der Waals surface area contributed by atoms with Crippen molar-refractivity contribution in [3.8, 4) is 11.8 Å². The van der Waals surface area contributed by atoms with Crippen LogP contribution >= 0.6 is 0 Å². The Morgan fingerprint density at radius 3 is 2.29 bits per heavy atom. The molecule has 0 saturated heterocycles. The van der Waals surface area contributed by atoms with Crippen LogP contribution in [0.3, 0.4) is 0 Å². The Bertz CT molecular complexity index is 581. The van der Waals surface area contributed by atoms with Gasteiger partial charge in [-0.2, -0.15) is 0 Å². The van der Waals surface area contributed by atoms with Crippen molar-refractivity contribution in [1.29, 1.82) is 0 Å². The number of aliphatic carboxylic acids is 1. The first-order valence-electron chi connectivity index (χ1n) is 7.86. The largest absolute Gasteiger partial charge is 0.481 e. The van der Waals surface area contributed by atoms with Gasteiger partial charge in [0.05, 0.1) is 6.61 Å². The molecule has 0 spiro atoms. The Morgan fingerprint density at radius 1 is 1.33 bits per heavy atom. The second-order valence-corrected chi connectivity index (χ2v) is 6.52. The average molecular weight is 336 g/mol. The highest BCUT2D eigenvalue weighted by Gasteiger charge is 2.34. The molecule has 24 heavy (non-hydrogen) atoms. The Labute approximate surface area is 144 Å². The predicted molar refractivity (Wildman–Crippen MR) is 93.2 cm³/mol. The molecule has 0 saturated carbocycles. The number of esters is 1. The summed E-state index contributed by atoms with van der Waals surface area (Å²) >= 11 is 0. The molecule has 5 heteroatoms. The van der Waals surface area contributed by atoms with Gasteiger partial charge in [0, 0.05) is 31.3 Å². The Morgan fingerprint density at radius 2 is 1.88 bits per heavy atom. The van der Waals surface area contributed by atoms with Gasteiger partial charge in [-0.1, -0.05) is 31.3 Å². The van der Waals surface area contributed by atoms with E-state index in [1.807, 2.05) is 13.8 Å². The fourth-order valence-corrected chi connectivity index (χ4v) is 2.71. The van der Waals surface area contributed by atoms with Crippen molar-refractivity contribution in [2.75, 3.05) is 6.61 Å². The van der Waals surface area contributed by atoms with Gasteiger partial charge in [-0.25, -0.2) is 0 Å². The molecule has 0 bridgehead atoms. The van der Waals surface area contributed by atoms with Crippen molar-refractivity contribution in [3.63, 3.8) is 0 Å². The lowest BCUT2D eigenvalue weighted by Gasteiger charge is -2.36. The van der Waals surface area contributed by atoms with E-state index in [4.69, 9.17) is 19.7 Å². The number of rotatable bonds is 2. The molecule has 1 atom stereocenters. The summed E-state index contributed by atoms with van der Waals surface area (Å²) in [5.41, 5.74) is 3.06. The van der Waals surface area contributed by atoms with E-state index in [9.17, 15) is 4.79 Å². The maximum absolute atomic E-state index is 11.1. The van der Waals surface area contributed by atoms with Crippen LogP contribution in [0.2, 0.25) is 0 Å². The van der Waals surface area contributed by atoms with Crippen molar-refractivity contribution in [1.82, 2.24) is 0 Å². The highest BCUT2D eigenvalue weighted by molar-refractivity contribution is 5.66. The summed E-state index contributed by atoms with van der Waals surface area (Å²) in [4.78, 5) is 20.1. The second-order valence-electron chi connectivity index (χ2n) is 6.52. The Kier molecular flexibility index (Phi) is 9.09. The molecule has 5 nitrogen and oxygen atoms in total. The van der Waals surface area contributed by atoms with Crippen LogP contribution in [-0.4, -0.2) is 34.9 Å². The third-order valence-electron chi connectivity index (χ3n) is 3.49. The van der Waals surface area contributed by atoms with Crippen LogP contribution in [0.1, 0.15) is 54.4 Å². The molecule has 0 radical (unpaired) electrons. The number of hydrogen-bond donors (Lipinski definition) is 2. The normalized spacial score (nSPS) is 19.5. The number of hydrogen-bond acceptors (Lipinski definition) is 4. The van der Waals surface area contributed by atoms with Gasteiger partial charge in [0.1, 0.15) is 6.10 Å². The zero-order valence-corrected chi connectivity index (χ0v) is 15.4. The summed E-state index contributed by atoms with van der Waals surface area (Å²) in [5, 5.41) is 16.3. The van der Waals surface area contributed by atoms with Crippen molar-refractivity contribution >= 4 is 11.9 Å². The van der Waals surface area contributed by atoms with Gasteiger partial charge in [-0.15, -0.1) is 0 Å². The molecule has 1 aliphatic rings. The van der Waals surface area contributed by atoms with Gasteiger partial charge >= 0.3 is 5.97 Å². The molecule has 0 aliphatic heterocycles. The molecule has 0 aromatic carbocycles.